The van der Waals surface area contributed by atoms with E-state index in [0.717, 1.165) is 40.7 Å². The molecule has 1 saturated carbocycles. The monoisotopic (exact) mass is 503 g/mol. The number of fused-ring (bicyclic) bond motifs is 1. The lowest BCUT2D eigenvalue weighted by Gasteiger charge is -2.19. The molecule has 8 nitrogen and oxygen atoms in total. The van der Waals surface area contributed by atoms with Gasteiger partial charge in [-0.15, -0.1) is 0 Å². The summed E-state index contributed by atoms with van der Waals surface area (Å²) in [5.41, 5.74) is 4.51. The van der Waals surface area contributed by atoms with Gasteiger partial charge in [0.15, 0.2) is 23.0 Å². The first kappa shape index (κ1) is 24.5. The molecule has 3 aromatic rings. The highest BCUT2D eigenvalue weighted by atomic mass is 16.7. The third-order valence-corrected chi connectivity index (χ3v) is 7.11. The Labute approximate surface area is 215 Å². The summed E-state index contributed by atoms with van der Waals surface area (Å²) in [6.07, 6.45) is 1.82. The number of amides is 1. The lowest BCUT2D eigenvalue weighted by molar-refractivity contribution is -0.137. The third-order valence-electron chi connectivity index (χ3n) is 7.11. The Morgan fingerprint density at radius 2 is 1.68 bits per heavy atom. The molecule has 0 aromatic heterocycles. The van der Waals surface area contributed by atoms with Crippen LogP contribution in [0.5, 0.6) is 23.0 Å². The normalized spacial score (nSPS) is 14.7. The van der Waals surface area contributed by atoms with E-state index in [1.807, 2.05) is 55.5 Å². The highest BCUT2D eigenvalue weighted by molar-refractivity contribution is 6.02. The zero-order valence-electron chi connectivity index (χ0n) is 21.1. The summed E-state index contributed by atoms with van der Waals surface area (Å²) < 4.78 is 21.9. The second-order valence-corrected chi connectivity index (χ2v) is 9.39. The van der Waals surface area contributed by atoms with Gasteiger partial charge >= 0.3 is 5.97 Å². The van der Waals surface area contributed by atoms with E-state index < -0.39 is 11.4 Å². The van der Waals surface area contributed by atoms with Gasteiger partial charge in [-0.1, -0.05) is 12.1 Å². The lowest BCUT2D eigenvalue weighted by atomic mass is 9.92. The SMILES string of the molecule is COc1cc(CCC(=O)O)c(-c2cc(NC(=O)C3(c4ccc5c(c4)OCO5)CC3)ccc2C)cc1OC. The van der Waals surface area contributed by atoms with Gasteiger partial charge in [-0.05, 0) is 90.4 Å². The summed E-state index contributed by atoms with van der Waals surface area (Å²) >= 11 is 0. The smallest absolute Gasteiger partial charge is 0.303 e. The molecule has 2 aliphatic rings. The molecule has 0 bridgehead atoms. The number of aryl methyl sites for hydroxylation is 2. The van der Waals surface area contributed by atoms with Gasteiger partial charge in [-0.3, -0.25) is 9.59 Å². The van der Waals surface area contributed by atoms with Gasteiger partial charge in [0.05, 0.1) is 19.6 Å². The number of carboxylic acid groups (broad SMARTS) is 1. The van der Waals surface area contributed by atoms with E-state index in [4.69, 9.17) is 18.9 Å². The third kappa shape index (κ3) is 4.67. The number of methoxy groups -OCH3 is 2. The maximum absolute atomic E-state index is 13.5. The number of carboxylic acids is 1. The number of nitrogens with one attached hydrogen (secondary N) is 1. The standard InChI is InChI=1S/C29H29NO7/c1-17-4-7-20(30-28(33)29(10-11-29)19-6-8-23-26(13-19)37-16-36-23)14-21(17)22-15-25(35-3)24(34-2)12-18(22)5-9-27(31)32/h4,6-8,12-15H,5,9-11,16H2,1-3H3,(H,30,33)(H,31,32). The molecule has 0 unspecified atom stereocenters. The number of ether oxygens (including phenoxy) is 4. The lowest BCUT2D eigenvalue weighted by Crippen LogP contribution is -2.27. The van der Waals surface area contributed by atoms with Crippen molar-refractivity contribution in [2.45, 2.75) is 38.0 Å². The number of benzene rings is 3. The predicted molar refractivity (Wildman–Crippen MR) is 138 cm³/mol. The van der Waals surface area contributed by atoms with E-state index in [-0.39, 0.29) is 19.1 Å². The summed E-state index contributed by atoms with van der Waals surface area (Å²) in [7, 11) is 3.11. The molecular weight excluding hydrogens is 474 g/mol. The molecule has 0 spiro atoms. The van der Waals surface area contributed by atoms with Crippen LogP contribution in [-0.4, -0.2) is 38.0 Å². The second kappa shape index (κ2) is 9.69. The van der Waals surface area contributed by atoms with Gasteiger partial charge < -0.3 is 29.4 Å². The first-order chi connectivity index (χ1) is 17.8. The van der Waals surface area contributed by atoms with Gasteiger partial charge in [0, 0.05) is 12.1 Å². The van der Waals surface area contributed by atoms with E-state index in [0.29, 0.717) is 35.1 Å². The summed E-state index contributed by atoms with van der Waals surface area (Å²) in [6.45, 7) is 2.17. The Balaban J connectivity index is 1.46. The predicted octanol–water partition coefficient (Wildman–Crippen LogP) is 5.10. The zero-order chi connectivity index (χ0) is 26.2. The van der Waals surface area contributed by atoms with Crippen LogP contribution in [-0.2, 0) is 21.4 Å². The number of hydrogen-bond acceptors (Lipinski definition) is 6. The van der Waals surface area contributed by atoms with Crippen LogP contribution in [0.25, 0.3) is 11.1 Å². The van der Waals surface area contributed by atoms with Crippen LogP contribution in [0.3, 0.4) is 0 Å². The summed E-state index contributed by atoms with van der Waals surface area (Å²) in [6, 6.07) is 15.1. The first-order valence-corrected chi connectivity index (χ1v) is 12.1. The van der Waals surface area contributed by atoms with E-state index in [1.54, 1.807) is 14.2 Å². The van der Waals surface area contributed by atoms with E-state index in [2.05, 4.69) is 5.32 Å². The molecule has 1 aliphatic heterocycles. The summed E-state index contributed by atoms with van der Waals surface area (Å²) in [5.74, 6) is 1.49. The Kier molecular flexibility index (Phi) is 6.41. The molecule has 8 heteroatoms. The molecule has 192 valence electrons. The van der Waals surface area contributed by atoms with Crippen LogP contribution in [0.4, 0.5) is 5.69 Å². The molecule has 37 heavy (non-hydrogen) atoms. The number of anilines is 1. The maximum Gasteiger partial charge on any atom is 0.303 e. The average molecular weight is 504 g/mol. The maximum atomic E-state index is 13.5. The van der Waals surface area contributed by atoms with Crippen molar-refractivity contribution >= 4 is 17.6 Å². The van der Waals surface area contributed by atoms with E-state index in [9.17, 15) is 14.7 Å². The number of carbonyl (C=O) groups is 2. The Morgan fingerprint density at radius 3 is 2.38 bits per heavy atom. The number of aliphatic carboxylic acids is 1. The van der Waals surface area contributed by atoms with Crippen molar-refractivity contribution in [1.29, 1.82) is 0 Å². The molecule has 3 aromatic carbocycles. The first-order valence-electron chi connectivity index (χ1n) is 12.1. The van der Waals surface area contributed by atoms with Crippen LogP contribution in [0.2, 0.25) is 0 Å². The van der Waals surface area contributed by atoms with Gasteiger partial charge in [-0.25, -0.2) is 0 Å². The van der Waals surface area contributed by atoms with E-state index >= 15 is 0 Å². The minimum Gasteiger partial charge on any atom is -0.493 e. The quantitative estimate of drug-likeness (QED) is 0.419. The van der Waals surface area contributed by atoms with Gasteiger partial charge in [-0.2, -0.15) is 0 Å². The molecule has 0 atom stereocenters. The Bertz CT molecular complexity index is 1380. The minimum absolute atomic E-state index is 0.0178. The summed E-state index contributed by atoms with van der Waals surface area (Å²) in [5, 5.41) is 12.4. The fraction of sp³-hybridized carbons (Fsp3) is 0.310. The molecule has 1 aliphatic carbocycles. The highest BCUT2D eigenvalue weighted by Gasteiger charge is 2.51. The molecule has 0 radical (unpaired) electrons. The van der Waals surface area contributed by atoms with Crippen molar-refractivity contribution in [3.8, 4) is 34.1 Å². The Hall–Kier alpha value is -4.20. The topological polar surface area (TPSA) is 103 Å². The van der Waals surface area contributed by atoms with Crippen molar-refractivity contribution in [1.82, 2.24) is 0 Å². The van der Waals surface area contributed by atoms with Crippen molar-refractivity contribution in [3.63, 3.8) is 0 Å². The molecule has 1 heterocycles. The zero-order valence-corrected chi connectivity index (χ0v) is 21.1. The molecule has 5 rings (SSSR count). The minimum atomic E-state index is -0.878. The van der Waals surface area contributed by atoms with Crippen LogP contribution in [0, 0.1) is 6.92 Å². The summed E-state index contributed by atoms with van der Waals surface area (Å²) in [4.78, 5) is 24.8. The van der Waals surface area contributed by atoms with Crippen LogP contribution >= 0.6 is 0 Å². The molecule has 1 amide bonds. The van der Waals surface area contributed by atoms with Gasteiger partial charge in [0.1, 0.15) is 0 Å². The molecule has 0 saturated heterocycles. The van der Waals surface area contributed by atoms with Gasteiger partial charge in [0.25, 0.3) is 0 Å². The molecule has 2 N–H and O–H groups in total. The highest BCUT2D eigenvalue weighted by Crippen LogP contribution is 2.51. The van der Waals surface area contributed by atoms with Crippen LogP contribution in [0.1, 0.15) is 36.0 Å². The fourth-order valence-electron chi connectivity index (χ4n) is 4.83. The number of carbonyl (C=O) groups excluding carboxylic acids is 1. The number of hydrogen-bond donors (Lipinski definition) is 2. The van der Waals surface area contributed by atoms with E-state index in [1.165, 1.54) is 0 Å². The van der Waals surface area contributed by atoms with Crippen molar-refractivity contribution in [2.75, 3.05) is 26.3 Å². The molecular formula is C29H29NO7. The van der Waals surface area contributed by atoms with Crippen LogP contribution in [0.15, 0.2) is 48.5 Å². The van der Waals surface area contributed by atoms with Crippen molar-refractivity contribution in [3.05, 3.63) is 65.2 Å². The average Bonchev–Trinajstić information content (AvgIpc) is 3.58. The van der Waals surface area contributed by atoms with Crippen molar-refractivity contribution in [2.24, 2.45) is 0 Å². The second-order valence-electron chi connectivity index (χ2n) is 9.39. The largest absolute Gasteiger partial charge is 0.493 e. The number of rotatable bonds is 9. The van der Waals surface area contributed by atoms with Crippen LogP contribution < -0.4 is 24.3 Å². The molecule has 1 fully saturated rings. The van der Waals surface area contributed by atoms with Gasteiger partial charge in [0.2, 0.25) is 12.7 Å². The Morgan fingerprint density at radius 1 is 0.946 bits per heavy atom. The van der Waals surface area contributed by atoms with Crippen molar-refractivity contribution < 1.29 is 33.6 Å². The fourth-order valence-corrected chi connectivity index (χ4v) is 4.83.